The summed E-state index contributed by atoms with van der Waals surface area (Å²) in [4.78, 5) is 11.0. The molecule has 2 aromatic rings. The fraction of sp³-hybridized carbons (Fsp3) is 0.714. The average molecular weight is 288 g/mol. The van der Waals surface area contributed by atoms with E-state index >= 15 is 0 Å². The third-order valence-electron chi connectivity index (χ3n) is 4.37. The highest BCUT2D eigenvalue weighted by Crippen LogP contribution is 2.39. The van der Waals surface area contributed by atoms with Gasteiger partial charge in [-0.25, -0.2) is 4.98 Å². The fourth-order valence-corrected chi connectivity index (χ4v) is 2.97. The molecule has 21 heavy (non-hydrogen) atoms. The van der Waals surface area contributed by atoms with Crippen molar-refractivity contribution in [2.75, 3.05) is 19.6 Å². The summed E-state index contributed by atoms with van der Waals surface area (Å²) in [6.45, 7) is 4.02. The molecule has 7 nitrogen and oxygen atoms in total. The molecular formula is C14H20N6O. The Labute approximate surface area is 123 Å². The number of rotatable bonds is 5. The lowest BCUT2D eigenvalue weighted by Crippen LogP contribution is -2.36. The standard InChI is InChI=1S/C14H20N6O/c1-2-12(13-17-14(21-18-13)11-3-4-11)8-19(5-1)6-7-20-10-15-9-16-20/h9-12H,1-8H2/t12-/m1/s1. The van der Waals surface area contributed by atoms with E-state index in [1.54, 1.807) is 12.7 Å². The number of piperidine rings is 1. The third-order valence-corrected chi connectivity index (χ3v) is 4.37. The van der Waals surface area contributed by atoms with E-state index in [9.17, 15) is 0 Å². The molecule has 1 aliphatic carbocycles. The maximum Gasteiger partial charge on any atom is 0.229 e. The molecule has 0 amide bonds. The van der Waals surface area contributed by atoms with E-state index in [-0.39, 0.29) is 0 Å². The Hall–Kier alpha value is -1.76. The zero-order chi connectivity index (χ0) is 14.1. The summed E-state index contributed by atoms with van der Waals surface area (Å²) in [5, 5.41) is 8.35. The molecule has 2 aliphatic rings. The molecule has 1 atom stereocenters. The minimum Gasteiger partial charge on any atom is -0.339 e. The SMILES string of the molecule is c1ncn(CCN2CCC[C@@H](c3noc(C4CC4)n3)C2)n1. The lowest BCUT2D eigenvalue weighted by molar-refractivity contribution is 0.193. The molecule has 3 heterocycles. The van der Waals surface area contributed by atoms with Crippen LogP contribution in [0.25, 0.3) is 0 Å². The predicted molar refractivity (Wildman–Crippen MR) is 74.7 cm³/mol. The van der Waals surface area contributed by atoms with E-state index in [1.165, 1.54) is 19.3 Å². The van der Waals surface area contributed by atoms with Crippen molar-refractivity contribution in [3.05, 3.63) is 24.4 Å². The molecule has 7 heteroatoms. The first-order valence-electron chi connectivity index (χ1n) is 7.77. The molecule has 2 aromatic heterocycles. The second-order valence-corrected chi connectivity index (χ2v) is 6.06. The fourth-order valence-electron chi connectivity index (χ4n) is 2.97. The Morgan fingerprint density at radius 2 is 2.14 bits per heavy atom. The van der Waals surface area contributed by atoms with E-state index in [1.807, 2.05) is 4.68 Å². The van der Waals surface area contributed by atoms with Crippen LogP contribution in [0.5, 0.6) is 0 Å². The van der Waals surface area contributed by atoms with Crippen molar-refractivity contribution in [1.29, 1.82) is 0 Å². The van der Waals surface area contributed by atoms with Gasteiger partial charge in [0.25, 0.3) is 0 Å². The highest BCUT2D eigenvalue weighted by atomic mass is 16.5. The monoisotopic (exact) mass is 288 g/mol. The van der Waals surface area contributed by atoms with Crippen molar-refractivity contribution in [3.63, 3.8) is 0 Å². The third kappa shape index (κ3) is 2.97. The number of likely N-dealkylation sites (tertiary alicyclic amines) is 1. The van der Waals surface area contributed by atoms with Gasteiger partial charge in [0.2, 0.25) is 5.89 Å². The van der Waals surface area contributed by atoms with Gasteiger partial charge >= 0.3 is 0 Å². The van der Waals surface area contributed by atoms with Gasteiger partial charge in [0.1, 0.15) is 12.7 Å². The van der Waals surface area contributed by atoms with Crippen LogP contribution in [0.1, 0.15) is 49.2 Å². The average Bonchev–Trinajstić information content (AvgIpc) is 3.05. The van der Waals surface area contributed by atoms with Gasteiger partial charge in [-0.2, -0.15) is 10.1 Å². The molecule has 0 spiro atoms. The van der Waals surface area contributed by atoms with Crippen molar-refractivity contribution in [2.24, 2.45) is 0 Å². The summed E-state index contributed by atoms with van der Waals surface area (Å²) >= 11 is 0. The van der Waals surface area contributed by atoms with Crippen LogP contribution in [0.2, 0.25) is 0 Å². The van der Waals surface area contributed by atoms with Gasteiger partial charge in [-0.05, 0) is 32.2 Å². The Bertz CT molecular complexity index is 576. The summed E-state index contributed by atoms with van der Waals surface area (Å²) in [5.41, 5.74) is 0. The second-order valence-electron chi connectivity index (χ2n) is 6.06. The van der Waals surface area contributed by atoms with Gasteiger partial charge in [0, 0.05) is 24.9 Å². The van der Waals surface area contributed by atoms with Gasteiger partial charge in [-0.1, -0.05) is 5.16 Å². The summed E-state index contributed by atoms with van der Waals surface area (Å²) in [6.07, 6.45) is 8.10. The second kappa shape index (κ2) is 5.55. The summed E-state index contributed by atoms with van der Waals surface area (Å²) in [7, 11) is 0. The van der Waals surface area contributed by atoms with Crippen LogP contribution in [0.4, 0.5) is 0 Å². The molecule has 2 fully saturated rings. The molecule has 1 aliphatic heterocycles. The lowest BCUT2D eigenvalue weighted by atomic mass is 9.97. The lowest BCUT2D eigenvalue weighted by Gasteiger charge is -2.30. The molecule has 112 valence electrons. The largest absolute Gasteiger partial charge is 0.339 e. The van der Waals surface area contributed by atoms with Crippen LogP contribution < -0.4 is 0 Å². The molecule has 0 unspecified atom stereocenters. The van der Waals surface area contributed by atoms with Crippen molar-refractivity contribution in [2.45, 2.75) is 44.1 Å². The van der Waals surface area contributed by atoms with Crippen molar-refractivity contribution < 1.29 is 4.52 Å². The normalized spacial score (nSPS) is 23.5. The first kappa shape index (κ1) is 12.9. The minimum atomic E-state index is 0.408. The number of hydrogen-bond acceptors (Lipinski definition) is 6. The smallest absolute Gasteiger partial charge is 0.229 e. The highest BCUT2D eigenvalue weighted by molar-refractivity contribution is 5.05. The molecule has 0 radical (unpaired) electrons. The van der Waals surface area contributed by atoms with Crippen molar-refractivity contribution >= 4 is 0 Å². The van der Waals surface area contributed by atoms with E-state index in [0.29, 0.717) is 11.8 Å². The van der Waals surface area contributed by atoms with Crippen LogP contribution in [-0.2, 0) is 6.54 Å². The number of nitrogens with zero attached hydrogens (tertiary/aromatic N) is 6. The van der Waals surface area contributed by atoms with E-state index in [4.69, 9.17) is 4.52 Å². The maximum atomic E-state index is 5.39. The van der Waals surface area contributed by atoms with Crippen molar-refractivity contribution in [1.82, 2.24) is 29.8 Å². The molecule has 1 saturated carbocycles. The van der Waals surface area contributed by atoms with Crippen LogP contribution in [0.15, 0.2) is 17.2 Å². The van der Waals surface area contributed by atoms with E-state index in [2.05, 4.69) is 25.1 Å². The topological polar surface area (TPSA) is 72.9 Å². The Morgan fingerprint density at radius 1 is 1.19 bits per heavy atom. The van der Waals surface area contributed by atoms with E-state index in [0.717, 1.165) is 44.3 Å². The van der Waals surface area contributed by atoms with Gasteiger partial charge < -0.3 is 9.42 Å². The van der Waals surface area contributed by atoms with Crippen LogP contribution in [-0.4, -0.2) is 49.4 Å². The summed E-state index contributed by atoms with van der Waals surface area (Å²) in [6, 6.07) is 0. The first-order valence-corrected chi connectivity index (χ1v) is 7.77. The molecule has 0 bridgehead atoms. The maximum absolute atomic E-state index is 5.39. The van der Waals surface area contributed by atoms with E-state index < -0.39 is 0 Å². The van der Waals surface area contributed by atoms with Crippen LogP contribution in [0, 0.1) is 0 Å². The predicted octanol–water partition coefficient (Wildman–Crippen LogP) is 1.42. The van der Waals surface area contributed by atoms with Crippen molar-refractivity contribution in [3.8, 4) is 0 Å². The molecule has 0 N–H and O–H groups in total. The molecule has 4 rings (SSSR count). The zero-order valence-electron chi connectivity index (χ0n) is 12.1. The Kier molecular flexibility index (Phi) is 3.42. The minimum absolute atomic E-state index is 0.408. The van der Waals surface area contributed by atoms with Crippen LogP contribution >= 0.6 is 0 Å². The first-order chi connectivity index (χ1) is 10.4. The number of hydrogen-bond donors (Lipinski definition) is 0. The number of aromatic nitrogens is 5. The molecule has 0 aromatic carbocycles. The summed E-state index contributed by atoms with van der Waals surface area (Å²) < 4.78 is 7.27. The Morgan fingerprint density at radius 3 is 2.95 bits per heavy atom. The zero-order valence-corrected chi connectivity index (χ0v) is 12.1. The van der Waals surface area contributed by atoms with Crippen LogP contribution in [0.3, 0.4) is 0 Å². The van der Waals surface area contributed by atoms with Gasteiger partial charge in [0.05, 0.1) is 6.54 Å². The Balaban J connectivity index is 1.35. The summed E-state index contributed by atoms with van der Waals surface area (Å²) in [5.74, 6) is 2.70. The van der Waals surface area contributed by atoms with Gasteiger partial charge in [0.15, 0.2) is 5.82 Å². The highest BCUT2D eigenvalue weighted by Gasteiger charge is 2.32. The quantitative estimate of drug-likeness (QED) is 0.828. The molecular weight excluding hydrogens is 268 g/mol. The van der Waals surface area contributed by atoms with Gasteiger partial charge in [-0.15, -0.1) is 0 Å². The molecule has 1 saturated heterocycles. The van der Waals surface area contributed by atoms with Gasteiger partial charge in [-0.3, -0.25) is 4.68 Å².